The molecule has 2 rings (SSSR count). The smallest absolute Gasteiger partial charge is 0.271 e. The number of thiocarbonyl (C=S) groups is 1. The predicted molar refractivity (Wildman–Crippen MR) is 115 cm³/mol. The van der Waals surface area contributed by atoms with Crippen molar-refractivity contribution in [2.45, 2.75) is 0 Å². The lowest BCUT2D eigenvalue weighted by Gasteiger charge is -2.12. The third-order valence-electron chi connectivity index (χ3n) is 2.97. The molecule has 11 heteroatoms. The van der Waals surface area contributed by atoms with E-state index >= 15 is 0 Å². The Hall–Kier alpha value is -1.39. The number of carbonyl (C=O) groups excluding carboxylic acids is 2. The van der Waals surface area contributed by atoms with E-state index in [1.54, 1.807) is 18.2 Å². The maximum Gasteiger partial charge on any atom is 0.271 e. The zero-order valence-corrected chi connectivity index (χ0v) is 18.8. The molecule has 0 aliphatic rings. The molecule has 6 nitrogen and oxygen atoms in total. The number of nitrogens with one attached hydrogen (secondary N) is 3. The van der Waals surface area contributed by atoms with Crippen molar-refractivity contribution in [3.63, 3.8) is 0 Å². The van der Waals surface area contributed by atoms with Gasteiger partial charge < -0.3 is 4.74 Å². The number of amides is 2. The molecule has 0 atom stereocenters. The van der Waals surface area contributed by atoms with Crippen LogP contribution in [0.25, 0.3) is 0 Å². The minimum atomic E-state index is -0.539. The van der Waals surface area contributed by atoms with E-state index in [1.165, 1.54) is 18.2 Å². The fourth-order valence-electron chi connectivity index (χ4n) is 1.78. The van der Waals surface area contributed by atoms with E-state index in [0.717, 1.165) is 4.47 Å². The predicted octanol–water partition coefficient (Wildman–Crippen LogP) is 4.23. The summed E-state index contributed by atoms with van der Waals surface area (Å²) >= 11 is 23.3. The van der Waals surface area contributed by atoms with Crippen LogP contribution in [0.5, 0.6) is 5.75 Å². The summed E-state index contributed by atoms with van der Waals surface area (Å²) in [6, 6.07) is 9.70. The second kappa shape index (κ2) is 10.2. The van der Waals surface area contributed by atoms with Crippen molar-refractivity contribution in [2.24, 2.45) is 0 Å². The Morgan fingerprint density at radius 2 is 1.81 bits per heavy atom. The SMILES string of the molecule is O=C(COc1ccc(Br)cc1Br)NC(=S)NNC(=O)c1ccc(Cl)cc1Cl. The summed E-state index contributed by atoms with van der Waals surface area (Å²) < 4.78 is 6.95. The Morgan fingerprint density at radius 3 is 2.48 bits per heavy atom. The lowest BCUT2D eigenvalue weighted by molar-refractivity contribution is -0.121. The van der Waals surface area contributed by atoms with Crippen LogP contribution in [-0.4, -0.2) is 23.5 Å². The van der Waals surface area contributed by atoms with E-state index in [-0.39, 0.29) is 22.3 Å². The van der Waals surface area contributed by atoms with Gasteiger partial charge in [-0.1, -0.05) is 39.1 Å². The van der Waals surface area contributed by atoms with Gasteiger partial charge in [-0.3, -0.25) is 25.8 Å². The maximum atomic E-state index is 12.0. The van der Waals surface area contributed by atoms with Crippen molar-refractivity contribution < 1.29 is 14.3 Å². The molecule has 3 N–H and O–H groups in total. The van der Waals surface area contributed by atoms with Crippen molar-refractivity contribution in [1.82, 2.24) is 16.2 Å². The van der Waals surface area contributed by atoms with E-state index in [9.17, 15) is 9.59 Å². The topological polar surface area (TPSA) is 79.5 Å². The summed E-state index contributed by atoms with van der Waals surface area (Å²) in [5.74, 6) is -0.540. The highest BCUT2D eigenvalue weighted by Gasteiger charge is 2.12. The maximum absolute atomic E-state index is 12.0. The molecule has 0 aromatic heterocycles. The molecule has 0 saturated carbocycles. The first-order valence-electron chi connectivity index (χ1n) is 7.19. The van der Waals surface area contributed by atoms with Gasteiger partial charge in [-0.2, -0.15) is 0 Å². The zero-order valence-electron chi connectivity index (χ0n) is 13.3. The highest BCUT2D eigenvalue weighted by molar-refractivity contribution is 9.11. The van der Waals surface area contributed by atoms with Gasteiger partial charge in [-0.25, -0.2) is 0 Å². The fourth-order valence-corrected chi connectivity index (χ4v) is 3.60. The third kappa shape index (κ3) is 6.93. The second-order valence-electron chi connectivity index (χ2n) is 4.94. The Bertz CT molecular complexity index is 899. The zero-order chi connectivity index (χ0) is 20.0. The molecule has 0 heterocycles. The van der Waals surface area contributed by atoms with Gasteiger partial charge in [0, 0.05) is 9.50 Å². The van der Waals surface area contributed by atoms with E-state index in [4.69, 9.17) is 40.2 Å². The monoisotopic (exact) mass is 553 g/mol. The highest BCUT2D eigenvalue weighted by Crippen LogP contribution is 2.28. The molecular weight excluding hydrogens is 545 g/mol. The molecule has 0 bridgehead atoms. The van der Waals surface area contributed by atoms with Crippen molar-refractivity contribution in [3.8, 4) is 5.75 Å². The minimum Gasteiger partial charge on any atom is -0.483 e. The Kier molecular flexibility index (Phi) is 8.30. The van der Waals surface area contributed by atoms with E-state index in [0.29, 0.717) is 15.2 Å². The number of hydrazine groups is 1. The number of hydrogen-bond acceptors (Lipinski definition) is 4. The molecule has 0 aliphatic carbocycles. The largest absolute Gasteiger partial charge is 0.483 e. The summed E-state index contributed by atoms with van der Waals surface area (Å²) in [6.45, 7) is -0.265. The number of ether oxygens (including phenoxy) is 1. The Morgan fingerprint density at radius 1 is 1.07 bits per heavy atom. The highest BCUT2D eigenvalue weighted by atomic mass is 79.9. The number of carbonyl (C=O) groups is 2. The number of rotatable bonds is 4. The molecular formula is C16H11Br2Cl2N3O3S. The van der Waals surface area contributed by atoms with Crippen molar-refractivity contribution in [1.29, 1.82) is 0 Å². The van der Waals surface area contributed by atoms with Gasteiger partial charge in [0.2, 0.25) is 0 Å². The van der Waals surface area contributed by atoms with Gasteiger partial charge in [0.05, 0.1) is 15.1 Å². The third-order valence-corrected chi connectivity index (χ3v) is 4.84. The summed E-state index contributed by atoms with van der Waals surface area (Å²) in [5, 5.41) is 2.87. The van der Waals surface area contributed by atoms with Crippen LogP contribution in [0.2, 0.25) is 10.0 Å². The molecule has 0 fully saturated rings. The van der Waals surface area contributed by atoms with Crippen LogP contribution in [0.4, 0.5) is 0 Å². The van der Waals surface area contributed by atoms with E-state index in [1.807, 2.05) is 0 Å². The molecule has 27 heavy (non-hydrogen) atoms. The molecule has 2 aromatic carbocycles. The lowest BCUT2D eigenvalue weighted by Crippen LogP contribution is -2.49. The van der Waals surface area contributed by atoms with Crippen molar-refractivity contribution in [2.75, 3.05) is 6.61 Å². The first-order valence-corrected chi connectivity index (χ1v) is 9.94. The molecule has 0 spiro atoms. The van der Waals surface area contributed by atoms with Crippen LogP contribution in [-0.2, 0) is 4.79 Å². The van der Waals surface area contributed by atoms with Crippen molar-refractivity contribution >= 4 is 84.2 Å². The normalized spacial score (nSPS) is 10.1. The molecule has 0 aliphatic heterocycles. The lowest BCUT2D eigenvalue weighted by atomic mass is 10.2. The average Bonchev–Trinajstić information content (AvgIpc) is 2.59. The summed E-state index contributed by atoms with van der Waals surface area (Å²) in [6.07, 6.45) is 0. The number of hydrogen-bond donors (Lipinski definition) is 3. The minimum absolute atomic E-state index is 0.100. The van der Waals surface area contributed by atoms with Crippen LogP contribution in [0.3, 0.4) is 0 Å². The van der Waals surface area contributed by atoms with Gasteiger partial charge >= 0.3 is 0 Å². The first kappa shape index (κ1) is 21.9. The van der Waals surface area contributed by atoms with Crippen LogP contribution in [0.1, 0.15) is 10.4 Å². The molecule has 0 saturated heterocycles. The standard InChI is InChI=1S/C16H11Br2Cl2N3O3S/c17-8-1-4-13(11(18)5-8)26-7-14(24)21-16(27)23-22-15(25)10-3-2-9(19)6-12(10)20/h1-6H,7H2,(H,22,25)(H2,21,23,24,27). The second-order valence-corrected chi connectivity index (χ2v) is 7.97. The van der Waals surface area contributed by atoms with Crippen LogP contribution < -0.4 is 20.9 Å². The molecule has 0 unspecified atom stereocenters. The van der Waals surface area contributed by atoms with Crippen LogP contribution >= 0.6 is 67.3 Å². The van der Waals surface area contributed by atoms with Crippen LogP contribution in [0, 0.1) is 0 Å². The fraction of sp³-hybridized carbons (Fsp3) is 0.0625. The molecule has 0 radical (unpaired) electrons. The molecule has 2 amide bonds. The van der Waals surface area contributed by atoms with E-state index < -0.39 is 11.8 Å². The number of halogens is 4. The summed E-state index contributed by atoms with van der Waals surface area (Å²) in [4.78, 5) is 23.9. The first-order chi connectivity index (χ1) is 12.8. The van der Waals surface area contributed by atoms with E-state index in [2.05, 4.69) is 48.0 Å². The molecule has 2 aromatic rings. The van der Waals surface area contributed by atoms with Crippen LogP contribution in [0.15, 0.2) is 45.3 Å². The van der Waals surface area contributed by atoms with Gasteiger partial charge in [0.25, 0.3) is 11.8 Å². The summed E-state index contributed by atoms with van der Waals surface area (Å²) in [5.41, 5.74) is 4.94. The van der Waals surface area contributed by atoms with Gasteiger partial charge in [-0.15, -0.1) is 0 Å². The van der Waals surface area contributed by atoms with Gasteiger partial charge in [-0.05, 0) is 64.5 Å². The molecule has 142 valence electrons. The summed E-state index contributed by atoms with van der Waals surface area (Å²) in [7, 11) is 0. The number of benzene rings is 2. The van der Waals surface area contributed by atoms with Gasteiger partial charge in [0.1, 0.15) is 5.75 Å². The van der Waals surface area contributed by atoms with Crippen molar-refractivity contribution in [3.05, 3.63) is 61.0 Å². The quantitative estimate of drug-likeness (QED) is 0.389. The Labute approximate surface area is 187 Å². The Balaban J connectivity index is 1.79. The van der Waals surface area contributed by atoms with Gasteiger partial charge in [0.15, 0.2) is 11.7 Å². The average molecular weight is 556 g/mol.